The van der Waals surface area contributed by atoms with Crippen molar-refractivity contribution in [2.75, 3.05) is 25.5 Å². The molecule has 0 saturated carbocycles. The molecule has 0 spiro atoms. The summed E-state index contributed by atoms with van der Waals surface area (Å²) in [6.07, 6.45) is 3.34. The Morgan fingerprint density at radius 2 is 2.23 bits per heavy atom. The lowest BCUT2D eigenvalue weighted by Crippen LogP contribution is -2.31. The number of rotatable bonds is 6. The van der Waals surface area contributed by atoms with E-state index in [0.29, 0.717) is 34.0 Å². The van der Waals surface area contributed by atoms with E-state index in [1.807, 2.05) is 0 Å². The molecule has 1 fully saturated rings. The van der Waals surface area contributed by atoms with Crippen LogP contribution in [0.15, 0.2) is 29.6 Å². The van der Waals surface area contributed by atoms with Crippen molar-refractivity contribution in [3.8, 4) is 0 Å². The number of amides is 2. The van der Waals surface area contributed by atoms with Gasteiger partial charge in [0.15, 0.2) is 5.13 Å². The third kappa shape index (κ3) is 4.81. The molecule has 1 unspecified atom stereocenters. The minimum absolute atomic E-state index is 0.217. The van der Waals surface area contributed by atoms with Crippen molar-refractivity contribution in [2.24, 2.45) is 0 Å². The van der Waals surface area contributed by atoms with Gasteiger partial charge in [0.1, 0.15) is 5.69 Å². The third-order valence-electron chi connectivity index (χ3n) is 4.48. The van der Waals surface area contributed by atoms with E-state index >= 15 is 0 Å². The molecule has 138 valence electrons. The van der Waals surface area contributed by atoms with Crippen LogP contribution in [0, 0.1) is 0 Å². The lowest BCUT2D eigenvalue weighted by molar-refractivity contribution is 0.0944. The first kappa shape index (κ1) is 18.8. The highest BCUT2D eigenvalue weighted by molar-refractivity contribution is 7.14. The fourth-order valence-corrected chi connectivity index (χ4v) is 3.90. The zero-order valence-electron chi connectivity index (χ0n) is 14.5. The Hall–Kier alpha value is -1.96. The average Bonchev–Trinajstić information content (AvgIpc) is 3.24. The van der Waals surface area contributed by atoms with Gasteiger partial charge in [-0.2, -0.15) is 0 Å². The summed E-state index contributed by atoms with van der Waals surface area (Å²) in [6.45, 7) is 1.75. The van der Waals surface area contributed by atoms with Gasteiger partial charge < -0.3 is 10.2 Å². The molecular formula is C18H21ClN4O2S. The molecule has 2 heterocycles. The Bertz CT molecular complexity index is 795. The fraction of sp³-hybridized carbons (Fsp3) is 0.389. The van der Waals surface area contributed by atoms with Crippen LogP contribution in [0.3, 0.4) is 0 Å². The predicted octanol–water partition coefficient (Wildman–Crippen LogP) is 3.26. The number of carbonyl (C=O) groups is 2. The number of anilines is 1. The second-order valence-corrected chi connectivity index (χ2v) is 7.62. The van der Waals surface area contributed by atoms with Crippen LogP contribution in [0.4, 0.5) is 5.13 Å². The van der Waals surface area contributed by atoms with Crippen LogP contribution in [0.1, 0.15) is 40.1 Å². The monoisotopic (exact) mass is 392 g/mol. The molecule has 1 aromatic carbocycles. The first-order valence-electron chi connectivity index (χ1n) is 8.54. The first-order chi connectivity index (χ1) is 12.5. The van der Waals surface area contributed by atoms with Gasteiger partial charge in [0.05, 0.1) is 0 Å². The number of likely N-dealkylation sites (tertiary alicyclic amines) is 1. The van der Waals surface area contributed by atoms with Gasteiger partial charge in [0.25, 0.3) is 11.8 Å². The fourth-order valence-electron chi connectivity index (χ4n) is 3.02. The molecule has 1 aromatic heterocycles. The highest BCUT2D eigenvalue weighted by Gasteiger charge is 2.20. The minimum atomic E-state index is -0.307. The third-order valence-corrected chi connectivity index (χ3v) is 5.47. The second kappa shape index (κ2) is 8.62. The lowest BCUT2D eigenvalue weighted by atomic mass is 10.1. The van der Waals surface area contributed by atoms with Crippen LogP contribution >= 0.6 is 22.9 Å². The van der Waals surface area contributed by atoms with Gasteiger partial charge in [0, 0.05) is 28.6 Å². The van der Waals surface area contributed by atoms with Crippen molar-refractivity contribution >= 4 is 39.9 Å². The molecule has 2 aromatic rings. The van der Waals surface area contributed by atoms with E-state index in [2.05, 4.69) is 27.6 Å². The summed E-state index contributed by atoms with van der Waals surface area (Å²) in [5.74, 6) is -0.525. The van der Waals surface area contributed by atoms with E-state index in [0.717, 1.165) is 13.0 Å². The maximum atomic E-state index is 12.2. The SMILES string of the molecule is CN1CCCC1CCNC(=O)c1csc(NC(=O)c2cccc(Cl)c2)n1. The maximum absolute atomic E-state index is 12.2. The van der Waals surface area contributed by atoms with Gasteiger partial charge in [-0.05, 0) is 51.1 Å². The van der Waals surface area contributed by atoms with Crippen molar-refractivity contribution < 1.29 is 9.59 Å². The van der Waals surface area contributed by atoms with E-state index in [9.17, 15) is 9.59 Å². The summed E-state index contributed by atoms with van der Waals surface area (Å²) in [6, 6.07) is 7.20. The number of hydrogen-bond donors (Lipinski definition) is 2. The number of halogens is 1. The molecule has 0 aliphatic carbocycles. The van der Waals surface area contributed by atoms with Crippen LogP contribution < -0.4 is 10.6 Å². The Labute approximate surface area is 161 Å². The van der Waals surface area contributed by atoms with Gasteiger partial charge in [0.2, 0.25) is 0 Å². The smallest absolute Gasteiger partial charge is 0.270 e. The standard InChI is InChI=1S/C18H21ClN4O2S/c1-23-9-3-6-14(23)7-8-20-17(25)15-11-26-18(21-15)22-16(24)12-4-2-5-13(19)10-12/h2,4-5,10-11,14H,3,6-9H2,1H3,(H,20,25)(H,21,22,24). The lowest BCUT2D eigenvalue weighted by Gasteiger charge is -2.19. The van der Waals surface area contributed by atoms with Gasteiger partial charge in [-0.25, -0.2) is 4.98 Å². The van der Waals surface area contributed by atoms with Crippen LogP contribution in [0.2, 0.25) is 5.02 Å². The van der Waals surface area contributed by atoms with E-state index < -0.39 is 0 Å². The Morgan fingerprint density at radius 1 is 1.38 bits per heavy atom. The summed E-state index contributed by atoms with van der Waals surface area (Å²) >= 11 is 7.11. The molecular weight excluding hydrogens is 372 g/mol. The molecule has 1 atom stereocenters. The van der Waals surface area contributed by atoms with Gasteiger partial charge in [-0.15, -0.1) is 11.3 Å². The molecule has 8 heteroatoms. The largest absolute Gasteiger partial charge is 0.351 e. The highest BCUT2D eigenvalue weighted by Crippen LogP contribution is 2.19. The molecule has 3 rings (SSSR count). The number of hydrogen-bond acceptors (Lipinski definition) is 5. The van der Waals surface area contributed by atoms with E-state index in [-0.39, 0.29) is 11.8 Å². The molecule has 1 aliphatic rings. The minimum Gasteiger partial charge on any atom is -0.351 e. The van der Waals surface area contributed by atoms with Crippen LogP contribution in [0.5, 0.6) is 0 Å². The zero-order chi connectivity index (χ0) is 18.5. The second-order valence-electron chi connectivity index (χ2n) is 6.32. The molecule has 1 saturated heterocycles. The van der Waals surface area contributed by atoms with E-state index in [1.54, 1.807) is 29.6 Å². The van der Waals surface area contributed by atoms with Crippen molar-refractivity contribution in [1.29, 1.82) is 0 Å². The Balaban J connectivity index is 1.50. The molecule has 0 radical (unpaired) electrons. The van der Waals surface area contributed by atoms with E-state index in [1.165, 1.54) is 24.2 Å². The number of nitrogens with zero attached hydrogens (tertiary/aromatic N) is 2. The molecule has 6 nitrogen and oxygen atoms in total. The number of benzene rings is 1. The van der Waals surface area contributed by atoms with Crippen molar-refractivity contribution in [1.82, 2.24) is 15.2 Å². The van der Waals surface area contributed by atoms with Crippen molar-refractivity contribution in [3.05, 3.63) is 45.9 Å². The van der Waals surface area contributed by atoms with Crippen molar-refractivity contribution in [3.63, 3.8) is 0 Å². The predicted molar refractivity (Wildman–Crippen MR) is 104 cm³/mol. The normalized spacial score (nSPS) is 17.2. The summed E-state index contributed by atoms with van der Waals surface area (Å²) in [5, 5.41) is 8.11. The Kier molecular flexibility index (Phi) is 6.24. The summed E-state index contributed by atoms with van der Waals surface area (Å²) in [5.41, 5.74) is 0.760. The number of carbonyl (C=O) groups excluding carboxylic acids is 2. The van der Waals surface area contributed by atoms with Crippen LogP contribution in [-0.2, 0) is 0 Å². The number of thiazole rings is 1. The summed E-state index contributed by atoms with van der Waals surface area (Å²) in [4.78, 5) is 30.9. The quantitative estimate of drug-likeness (QED) is 0.791. The summed E-state index contributed by atoms with van der Waals surface area (Å²) in [7, 11) is 2.12. The van der Waals surface area contributed by atoms with Crippen molar-refractivity contribution in [2.45, 2.75) is 25.3 Å². The van der Waals surface area contributed by atoms with E-state index in [4.69, 9.17) is 11.6 Å². The Morgan fingerprint density at radius 3 is 2.96 bits per heavy atom. The number of aromatic nitrogens is 1. The average molecular weight is 393 g/mol. The van der Waals surface area contributed by atoms with Crippen LogP contribution in [0.25, 0.3) is 0 Å². The molecule has 0 bridgehead atoms. The zero-order valence-corrected chi connectivity index (χ0v) is 16.1. The van der Waals surface area contributed by atoms with Gasteiger partial charge in [-0.1, -0.05) is 17.7 Å². The maximum Gasteiger partial charge on any atom is 0.270 e. The topological polar surface area (TPSA) is 74.3 Å². The van der Waals surface area contributed by atoms with Gasteiger partial charge in [-0.3, -0.25) is 14.9 Å². The molecule has 26 heavy (non-hydrogen) atoms. The molecule has 2 amide bonds. The number of nitrogens with one attached hydrogen (secondary N) is 2. The molecule has 1 aliphatic heterocycles. The molecule has 2 N–H and O–H groups in total. The van der Waals surface area contributed by atoms with Crippen LogP contribution in [-0.4, -0.2) is 47.9 Å². The summed E-state index contributed by atoms with van der Waals surface area (Å²) < 4.78 is 0. The van der Waals surface area contributed by atoms with Gasteiger partial charge >= 0.3 is 0 Å². The highest BCUT2D eigenvalue weighted by atomic mass is 35.5. The first-order valence-corrected chi connectivity index (χ1v) is 9.79.